The van der Waals surface area contributed by atoms with Crippen molar-refractivity contribution in [1.29, 1.82) is 0 Å². The predicted molar refractivity (Wildman–Crippen MR) is 95.2 cm³/mol. The van der Waals surface area contributed by atoms with E-state index in [0.29, 0.717) is 0 Å². The average molecular weight is 329 g/mol. The molecule has 3 heteroatoms. The summed E-state index contributed by atoms with van der Waals surface area (Å²) in [7, 11) is 0. The van der Waals surface area contributed by atoms with Crippen LogP contribution in [0.4, 0.5) is 0 Å². The van der Waals surface area contributed by atoms with Gasteiger partial charge in [-0.05, 0) is 73.9 Å². The van der Waals surface area contributed by atoms with Crippen LogP contribution in [-0.4, -0.2) is 0 Å². The molecule has 0 bridgehead atoms. The van der Waals surface area contributed by atoms with Crippen molar-refractivity contribution in [2.75, 3.05) is 0 Å². The molecular formula is C18H16S3. The minimum atomic E-state index is 1.24. The highest BCUT2D eigenvalue weighted by Gasteiger charge is 2.30. The Bertz CT molecular complexity index is 802. The second-order valence-electron chi connectivity index (χ2n) is 6.14. The maximum absolute atomic E-state index is 2.41. The van der Waals surface area contributed by atoms with Gasteiger partial charge in [-0.2, -0.15) is 0 Å². The first kappa shape index (κ1) is 12.6. The fourth-order valence-corrected chi connectivity index (χ4v) is 7.71. The molecule has 2 aliphatic carbocycles. The van der Waals surface area contributed by atoms with Gasteiger partial charge in [0.1, 0.15) is 0 Å². The fraction of sp³-hybridized carbons (Fsp3) is 0.333. The van der Waals surface area contributed by atoms with E-state index in [1.807, 2.05) is 22.7 Å². The van der Waals surface area contributed by atoms with E-state index in [2.05, 4.69) is 37.3 Å². The highest BCUT2D eigenvalue weighted by atomic mass is 32.1. The van der Waals surface area contributed by atoms with Crippen LogP contribution in [-0.2, 0) is 25.7 Å². The fourth-order valence-electron chi connectivity index (χ4n) is 3.80. The Morgan fingerprint density at radius 1 is 0.619 bits per heavy atom. The van der Waals surface area contributed by atoms with Crippen LogP contribution in [0.15, 0.2) is 12.1 Å². The summed E-state index contributed by atoms with van der Waals surface area (Å²) in [5, 5.41) is 0. The zero-order valence-electron chi connectivity index (χ0n) is 12.2. The Kier molecular flexibility index (Phi) is 2.59. The molecule has 0 saturated carbocycles. The zero-order valence-corrected chi connectivity index (χ0v) is 14.7. The van der Waals surface area contributed by atoms with Crippen LogP contribution in [0.25, 0.3) is 19.5 Å². The van der Waals surface area contributed by atoms with Crippen LogP contribution in [0, 0.1) is 13.8 Å². The quantitative estimate of drug-likeness (QED) is 0.473. The summed E-state index contributed by atoms with van der Waals surface area (Å²) >= 11 is 6.06. The summed E-state index contributed by atoms with van der Waals surface area (Å²) in [6, 6.07) is 4.81. The van der Waals surface area contributed by atoms with Gasteiger partial charge in [0.05, 0.1) is 0 Å². The Hall–Kier alpha value is -0.900. The number of aryl methyl sites for hydroxylation is 4. The third-order valence-corrected chi connectivity index (χ3v) is 8.47. The van der Waals surface area contributed by atoms with E-state index >= 15 is 0 Å². The molecule has 106 valence electrons. The van der Waals surface area contributed by atoms with Gasteiger partial charge in [0.25, 0.3) is 0 Å². The first-order valence-electron chi connectivity index (χ1n) is 7.54. The summed E-state index contributed by atoms with van der Waals surface area (Å²) in [6.07, 6.45) is 4.99. The molecule has 5 rings (SSSR count). The molecule has 2 aliphatic rings. The van der Waals surface area contributed by atoms with Gasteiger partial charge in [-0.15, -0.1) is 34.0 Å². The van der Waals surface area contributed by atoms with Crippen molar-refractivity contribution in [2.45, 2.75) is 39.5 Å². The van der Waals surface area contributed by atoms with Gasteiger partial charge in [-0.1, -0.05) is 0 Å². The molecule has 3 heterocycles. The lowest BCUT2D eigenvalue weighted by Crippen LogP contribution is -2.04. The van der Waals surface area contributed by atoms with Crippen LogP contribution in [0.3, 0.4) is 0 Å². The lowest BCUT2D eigenvalue weighted by molar-refractivity contribution is 0.892. The normalized spacial score (nSPS) is 15.3. The Morgan fingerprint density at radius 2 is 1.10 bits per heavy atom. The van der Waals surface area contributed by atoms with E-state index in [9.17, 15) is 0 Å². The summed E-state index contributed by atoms with van der Waals surface area (Å²) in [5.41, 5.74) is 6.54. The second-order valence-corrected chi connectivity index (χ2v) is 9.67. The number of hydrogen-bond acceptors (Lipinski definition) is 3. The minimum Gasteiger partial charge on any atom is -0.139 e. The zero-order chi connectivity index (χ0) is 14.1. The van der Waals surface area contributed by atoms with Crippen LogP contribution >= 0.6 is 34.0 Å². The van der Waals surface area contributed by atoms with Crippen LogP contribution < -0.4 is 0 Å². The van der Waals surface area contributed by atoms with Crippen molar-refractivity contribution in [3.63, 3.8) is 0 Å². The summed E-state index contributed by atoms with van der Waals surface area (Å²) in [5.74, 6) is 0. The number of rotatable bonds is 0. The molecule has 0 atom stereocenters. The molecule has 3 aromatic heterocycles. The van der Waals surface area contributed by atoms with Gasteiger partial charge in [-0.25, -0.2) is 0 Å². The molecule has 0 nitrogen and oxygen atoms in total. The lowest BCUT2D eigenvalue weighted by Gasteiger charge is -2.16. The first-order chi connectivity index (χ1) is 10.2. The second kappa shape index (κ2) is 4.31. The van der Waals surface area contributed by atoms with E-state index in [0.717, 1.165) is 0 Å². The highest BCUT2D eigenvalue weighted by molar-refractivity contribution is 7.27. The molecule has 21 heavy (non-hydrogen) atoms. The monoisotopic (exact) mass is 328 g/mol. The van der Waals surface area contributed by atoms with Crippen LogP contribution in [0.5, 0.6) is 0 Å². The molecule has 3 aromatic rings. The number of hydrogen-bond donors (Lipinski definition) is 0. The Balaban J connectivity index is 1.78. The van der Waals surface area contributed by atoms with Crippen molar-refractivity contribution >= 4 is 34.0 Å². The first-order valence-corrected chi connectivity index (χ1v) is 9.99. The van der Waals surface area contributed by atoms with Gasteiger partial charge in [-0.3, -0.25) is 0 Å². The maximum atomic E-state index is 2.41. The largest absolute Gasteiger partial charge is 0.139 e. The molecule has 0 aromatic carbocycles. The molecule has 0 aliphatic heterocycles. The molecule has 0 fully saturated rings. The van der Waals surface area contributed by atoms with Crippen molar-refractivity contribution in [3.8, 4) is 19.5 Å². The van der Waals surface area contributed by atoms with Gasteiger partial charge < -0.3 is 0 Å². The molecule has 0 radical (unpaired) electrons. The molecule has 0 spiro atoms. The van der Waals surface area contributed by atoms with E-state index in [1.165, 1.54) is 35.4 Å². The smallest absolute Gasteiger partial charge is 0.0487 e. The van der Waals surface area contributed by atoms with Crippen LogP contribution in [0.2, 0.25) is 0 Å². The third kappa shape index (κ3) is 1.71. The van der Waals surface area contributed by atoms with E-state index in [4.69, 9.17) is 0 Å². The summed E-state index contributed by atoms with van der Waals surface area (Å²) < 4.78 is 0. The maximum Gasteiger partial charge on any atom is 0.0487 e. The summed E-state index contributed by atoms with van der Waals surface area (Å²) in [6.45, 7) is 4.49. The Labute approximate surface area is 137 Å². The molecule has 0 unspecified atom stereocenters. The van der Waals surface area contributed by atoms with Crippen molar-refractivity contribution in [1.82, 2.24) is 0 Å². The minimum absolute atomic E-state index is 1.24. The molecule has 0 N–H and O–H groups in total. The lowest BCUT2D eigenvalue weighted by atomic mass is 9.88. The van der Waals surface area contributed by atoms with Gasteiger partial charge in [0, 0.05) is 29.3 Å². The third-order valence-electron chi connectivity index (χ3n) is 4.68. The predicted octanol–water partition coefficient (Wildman–Crippen LogP) is 6.02. The summed E-state index contributed by atoms with van der Waals surface area (Å²) in [4.78, 5) is 9.27. The topological polar surface area (TPSA) is 0 Å². The molecule has 0 amide bonds. The van der Waals surface area contributed by atoms with E-state index in [1.54, 1.807) is 41.8 Å². The standard InChI is InChI=1S/C18H16S3/c1-9-7-11-3-5-13-14-6-4-12-8-10(2)20-16(12)18(14)21-17(13)15(11)19-9/h7-8H,3-6H2,1-2H3. The van der Waals surface area contributed by atoms with Crippen molar-refractivity contribution in [3.05, 3.63) is 44.1 Å². The SMILES string of the molecule is Cc1cc2c(s1)-c1sc3c(c1CC2)CCc1cc(C)sc1-3. The number of thiophene rings is 3. The Morgan fingerprint density at radius 3 is 1.57 bits per heavy atom. The van der Waals surface area contributed by atoms with E-state index in [-0.39, 0.29) is 0 Å². The van der Waals surface area contributed by atoms with Crippen LogP contribution in [0.1, 0.15) is 32.0 Å². The van der Waals surface area contributed by atoms with E-state index < -0.39 is 0 Å². The number of fused-ring (bicyclic) bond motifs is 7. The van der Waals surface area contributed by atoms with Gasteiger partial charge in [0.15, 0.2) is 0 Å². The van der Waals surface area contributed by atoms with Crippen molar-refractivity contribution < 1.29 is 0 Å². The van der Waals surface area contributed by atoms with Gasteiger partial charge >= 0.3 is 0 Å². The average Bonchev–Trinajstić information content (AvgIpc) is 3.09. The van der Waals surface area contributed by atoms with Gasteiger partial charge in [0.2, 0.25) is 0 Å². The van der Waals surface area contributed by atoms with Crippen molar-refractivity contribution in [2.24, 2.45) is 0 Å². The molecule has 0 saturated heterocycles. The molecular weight excluding hydrogens is 312 g/mol. The highest BCUT2D eigenvalue weighted by Crippen LogP contribution is 2.52.